The molecule has 0 bridgehead atoms. The van der Waals surface area contributed by atoms with Crippen molar-refractivity contribution in [2.24, 2.45) is 0 Å². The molecule has 2 aliphatic rings. The van der Waals surface area contributed by atoms with Crippen LogP contribution in [-0.4, -0.2) is 0 Å². The molecular weight excluding hydrogens is 630 g/mol. The zero-order valence-corrected chi connectivity index (χ0v) is 29.3. The van der Waals surface area contributed by atoms with Crippen LogP contribution in [0.15, 0.2) is 133 Å². The topological polar surface area (TPSA) is 20.3 Å². The minimum atomic E-state index is -1.59. The van der Waals surface area contributed by atoms with Crippen LogP contribution in [0.1, 0.15) is 49.9 Å². The Bertz CT molecular complexity index is 2220. The van der Waals surface area contributed by atoms with Crippen molar-refractivity contribution >= 4 is 49.6 Å². The van der Waals surface area contributed by atoms with E-state index in [1.165, 1.54) is 44.5 Å². The number of fused-ring (bicyclic) bond motifs is 6. The molecule has 0 aromatic heterocycles. The summed E-state index contributed by atoms with van der Waals surface area (Å²) in [7, 11) is 0.975. The Kier molecular flexibility index (Phi) is 7.11. The highest BCUT2D eigenvalue weighted by atomic mass is 32.9. The van der Waals surface area contributed by atoms with E-state index in [-0.39, 0.29) is 10.8 Å². The molecular formula is C42H34NOPS2. The highest BCUT2D eigenvalue weighted by molar-refractivity contribution is 8.34. The number of hydrogen-bond acceptors (Lipinski definition) is 3. The highest BCUT2D eigenvalue weighted by Crippen LogP contribution is 2.53. The fourth-order valence-electron chi connectivity index (χ4n) is 7.73. The second kappa shape index (κ2) is 11.1. The molecule has 0 N–H and O–H groups in total. The molecule has 5 heteroatoms. The molecule has 6 aromatic rings. The second-order valence-corrected chi connectivity index (χ2v) is 17.5. The Morgan fingerprint density at radius 1 is 0.511 bits per heavy atom. The largest absolute Gasteiger partial charge is 0.310 e. The van der Waals surface area contributed by atoms with Gasteiger partial charge >= 0.3 is 0 Å². The first kappa shape index (κ1) is 30.0. The maximum atomic E-state index is 12.2. The van der Waals surface area contributed by atoms with Gasteiger partial charge in [0.1, 0.15) is 0 Å². The van der Waals surface area contributed by atoms with E-state index in [0.717, 1.165) is 43.0 Å². The van der Waals surface area contributed by atoms with Gasteiger partial charge in [0.2, 0.25) is 0 Å². The van der Waals surface area contributed by atoms with E-state index in [9.17, 15) is 4.57 Å². The second-order valence-electron chi connectivity index (χ2n) is 13.6. The van der Waals surface area contributed by atoms with Crippen molar-refractivity contribution in [3.05, 3.63) is 156 Å². The van der Waals surface area contributed by atoms with Crippen molar-refractivity contribution in [1.82, 2.24) is 0 Å². The van der Waals surface area contributed by atoms with Crippen LogP contribution in [0.3, 0.4) is 0 Å². The number of hydrogen-bond donors (Lipinski definition) is 0. The average molecular weight is 664 g/mol. The first-order valence-corrected chi connectivity index (χ1v) is 19.6. The summed E-state index contributed by atoms with van der Waals surface area (Å²) < 4.78 is 12.2. The standard InChI is InChI=1S/C42H34NOPS2/c1-41(2)37-11-7-5-9-33(37)35-23-19-30(25-39(35)41)43(29-17-13-27(14-18-29)28-15-21-32(22-16-28)45(44)47-46)31-20-24-36-34-10-6-8-12-38(34)42(3,4)40(36)26-31/h5-26H,1-4H3. The van der Waals surface area contributed by atoms with Crippen LogP contribution >= 0.6 is 6.58 Å². The van der Waals surface area contributed by atoms with Gasteiger partial charge in [-0.2, -0.15) is 0 Å². The van der Waals surface area contributed by atoms with Crippen molar-refractivity contribution in [2.75, 3.05) is 4.90 Å². The normalized spacial score (nSPS) is 14.9. The van der Waals surface area contributed by atoms with Gasteiger partial charge in [0.05, 0.1) is 0 Å². The minimum absolute atomic E-state index is 0.0979. The van der Waals surface area contributed by atoms with Gasteiger partial charge in [0.15, 0.2) is 6.58 Å². The predicted molar refractivity (Wildman–Crippen MR) is 204 cm³/mol. The van der Waals surface area contributed by atoms with Gasteiger partial charge < -0.3 is 4.90 Å². The first-order valence-electron chi connectivity index (χ1n) is 15.9. The molecule has 2 nitrogen and oxygen atoms in total. The molecule has 2 aliphatic carbocycles. The smallest absolute Gasteiger partial charge is 0.197 e. The van der Waals surface area contributed by atoms with E-state index in [4.69, 9.17) is 11.2 Å². The zero-order chi connectivity index (χ0) is 32.5. The lowest BCUT2D eigenvalue weighted by molar-refractivity contribution is 0.602. The zero-order valence-electron chi connectivity index (χ0n) is 26.8. The van der Waals surface area contributed by atoms with Crippen molar-refractivity contribution < 1.29 is 4.57 Å². The molecule has 0 saturated heterocycles. The lowest BCUT2D eigenvalue weighted by atomic mass is 9.82. The van der Waals surface area contributed by atoms with Gasteiger partial charge in [-0.1, -0.05) is 113 Å². The molecule has 0 aliphatic heterocycles. The maximum Gasteiger partial charge on any atom is 0.197 e. The van der Waals surface area contributed by atoms with Crippen LogP contribution in [0, 0.1) is 0 Å². The number of rotatable bonds is 5. The summed E-state index contributed by atoms with van der Waals surface area (Å²) in [6.45, 7) is 7.76. The predicted octanol–water partition coefficient (Wildman–Crippen LogP) is 11.3. The molecule has 0 saturated carbocycles. The van der Waals surface area contributed by atoms with Crippen LogP contribution in [0.5, 0.6) is 0 Å². The van der Waals surface area contributed by atoms with Crippen LogP contribution in [0.2, 0.25) is 0 Å². The summed E-state index contributed by atoms with van der Waals surface area (Å²) in [5.74, 6) is 0. The van der Waals surface area contributed by atoms with Crippen LogP contribution < -0.4 is 10.2 Å². The fraction of sp³-hybridized carbons (Fsp3) is 0.143. The van der Waals surface area contributed by atoms with Crippen LogP contribution in [0.4, 0.5) is 17.1 Å². The lowest BCUT2D eigenvalue weighted by Crippen LogP contribution is -2.18. The summed E-state index contributed by atoms with van der Waals surface area (Å²) in [6.07, 6.45) is 0. The third-order valence-electron chi connectivity index (χ3n) is 10.3. The average Bonchev–Trinajstić information content (AvgIpc) is 3.48. The molecule has 6 aromatic carbocycles. The molecule has 230 valence electrons. The van der Waals surface area contributed by atoms with Crippen molar-refractivity contribution in [3.8, 4) is 33.4 Å². The SMILES string of the molecule is CC1(C)c2ccccc2-c2ccc(N(c3ccc(-c4ccc(P(=O)=S=S)cc4)cc3)c3ccc4c(c3)C(C)(C)c3ccccc3-4)cc21. The van der Waals surface area contributed by atoms with E-state index in [1.54, 1.807) is 0 Å². The Morgan fingerprint density at radius 3 is 1.38 bits per heavy atom. The Balaban J connectivity index is 1.26. The fourth-order valence-corrected chi connectivity index (χ4v) is 9.61. The molecule has 0 spiro atoms. The molecule has 1 unspecified atom stereocenters. The minimum Gasteiger partial charge on any atom is -0.310 e. The van der Waals surface area contributed by atoms with Gasteiger partial charge in [0, 0.05) is 33.2 Å². The third kappa shape index (κ3) is 4.73. The van der Waals surface area contributed by atoms with Gasteiger partial charge in [-0.15, -0.1) is 0 Å². The lowest BCUT2D eigenvalue weighted by Gasteiger charge is -2.30. The van der Waals surface area contributed by atoms with Crippen molar-refractivity contribution in [1.29, 1.82) is 0 Å². The third-order valence-corrected chi connectivity index (χ3v) is 13.4. The Morgan fingerprint density at radius 2 is 0.915 bits per heavy atom. The van der Waals surface area contributed by atoms with Crippen LogP contribution in [-0.2, 0) is 36.1 Å². The molecule has 0 fully saturated rings. The van der Waals surface area contributed by atoms with E-state index in [2.05, 4.69) is 142 Å². The molecule has 8 rings (SSSR count). The van der Waals surface area contributed by atoms with Crippen molar-refractivity contribution in [3.63, 3.8) is 0 Å². The summed E-state index contributed by atoms with van der Waals surface area (Å²) in [6, 6.07) is 48.3. The maximum absolute atomic E-state index is 12.2. The Hall–Kier alpha value is -4.34. The van der Waals surface area contributed by atoms with E-state index in [0.29, 0.717) is 0 Å². The molecule has 47 heavy (non-hydrogen) atoms. The molecule has 1 atom stereocenters. The van der Waals surface area contributed by atoms with Crippen molar-refractivity contribution in [2.45, 2.75) is 38.5 Å². The summed E-state index contributed by atoms with van der Waals surface area (Å²) >= 11 is 4.94. The quantitative estimate of drug-likeness (QED) is 0.171. The summed E-state index contributed by atoms with van der Waals surface area (Å²) in [5, 5.41) is 0.773. The summed E-state index contributed by atoms with van der Waals surface area (Å²) in [4.78, 5) is 2.40. The monoisotopic (exact) mass is 663 g/mol. The van der Waals surface area contributed by atoms with Gasteiger partial charge in [-0.05, 0) is 125 Å². The molecule has 0 amide bonds. The van der Waals surface area contributed by atoms with E-state index >= 15 is 0 Å². The molecule has 0 heterocycles. The number of benzene rings is 6. The Labute approximate surface area is 285 Å². The summed E-state index contributed by atoms with van der Waals surface area (Å²) in [5.41, 5.74) is 16.1. The molecule has 0 radical (unpaired) electrons. The highest BCUT2D eigenvalue weighted by Gasteiger charge is 2.37. The van der Waals surface area contributed by atoms with E-state index < -0.39 is 6.58 Å². The van der Waals surface area contributed by atoms with Gasteiger partial charge in [0.25, 0.3) is 0 Å². The van der Waals surface area contributed by atoms with Gasteiger partial charge in [-0.3, -0.25) is 4.57 Å². The van der Waals surface area contributed by atoms with Gasteiger partial charge in [-0.25, -0.2) is 0 Å². The van der Waals surface area contributed by atoms with Crippen LogP contribution in [0.25, 0.3) is 33.4 Å². The number of anilines is 3. The first-order chi connectivity index (χ1) is 22.7. The van der Waals surface area contributed by atoms with E-state index in [1.807, 2.05) is 24.3 Å². The number of nitrogens with zero attached hydrogens (tertiary/aromatic N) is 1.